The highest BCUT2D eigenvalue weighted by molar-refractivity contribution is 6.42. The van der Waals surface area contributed by atoms with Gasteiger partial charge in [0.15, 0.2) is 0 Å². The number of halogens is 4. The van der Waals surface area contributed by atoms with Gasteiger partial charge in [0.2, 0.25) is 0 Å². The Kier molecular flexibility index (Phi) is 14.9. The van der Waals surface area contributed by atoms with Gasteiger partial charge in [0.1, 0.15) is 11.4 Å². The molecule has 278 valence electrons. The molecule has 0 N–H and O–H groups in total. The first kappa shape index (κ1) is 40.1. The number of piperidine rings is 1. The summed E-state index contributed by atoms with van der Waals surface area (Å²) in [5.41, 5.74) is 3.04. The summed E-state index contributed by atoms with van der Waals surface area (Å²) >= 11 is 25.0. The standard InChI is InChI=1S/C40H43Cl4NO7/c1-40(2,3)51-39(46)52-45-22-36(49-25-28-10-16-32(41)34(43)20-28)38(37(23-45)50-26-29-11-17-33(42)35(44)21-29)30-12-14-31(15-13-30)48-19-7-18-47-24-27-8-5-4-6-9-27/h4-6,8-17,20-21,36-38H,7,18-19,22-26H2,1-3H3/t36-,37+,38-. The Morgan fingerprint density at radius 1 is 0.692 bits per heavy atom. The lowest BCUT2D eigenvalue weighted by Crippen LogP contribution is -2.53. The van der Waals surface area contributed by atoms with Gasteiger partial charge in [0.25, 0.3) is 0 Å². The van der Waals surface area contributed by atoms with Crippen LogP contribution in [-0.4, -0.2) is 55.3 Å². The molecule has 0 aromatic heterocycles. The quantitative estimate of drug-likeness (QED) is 0.0870. The number of hydroxylamine groups is 2. The number of carbonyl (C=O) groups is 1. The molecule has 0 saturated carbocycles. The van der Waals surface area contributed by atoms with Gasteiger partial charge in [0, 0.05) is 12.3 Å². The van der Waals surface area contributed by atoms with Crippen LogP contribution in [0.3, 0.4) is 0 Å². The van der Waals surface area contributed by atoms with Gasteiger partial charge >= 0.3 is 6.16 Å². The Bertz CT molecular complexity index is 1670. The number of hydrogen-bond donors (Lipinski definition) is 0. The van der Waals surface area contributed by atoms with Crippen molar-refractivity contribution in [3.8, 4) is 5.75 Å². The van der Waals surface area contributed by atoms with Crippen molar-refractivity contribution in [2.75, 3.05) is 26.3 Å². The van der Waals surface area contributed by atoms with E-state index >= 15 is 0 Å². The lowest BCUT2D eigenvalue weighted by molar-refractivity contribution is -0.209. The molecule has 4 aromatic carbocycles. The Morgan fingerprint density at radius 2 is 1.27 bits per heavy atom. The van der Waals surface area contributed by atoms with E-state index in [2.05, 4.69) is 0 Å². The van der Waals surface area contributed by atoms with Crippen molar-refractivity contribution in [3.63, 3.8) is 0 Å². The minimum atomic E-state index is -0.815. The molecule has 0 bridgehead atoms. The number of ether oxygens (including phenoxy) is 5. The summed E-state index contributed by atoms with van der Waals surface area (Å²) in [5, 5.41) is 3.30. The minimum Gasteiger partial charge on any atom is -0.494 e. The first-order valence-electron chi connectivity index (χ1n) is 17.0. The number of nitrogens with zero attached hydrogens (tertiary/aromatic N) is 1. The molecule has 0 radical (unpaired) electrons. The number of benzene rings is 4. The Hall–Kier alpha value is -3.05. The van der Waals surface area contributed by atoms with Crippen LogP contribution in [0, 0.1) is 0 Å². The van der Waals surface area contributed by atoms with E-state index in [4.69, 9.17) is 74.9 Å². The first-order valence-corrected chi connectivity index (χ1v) is 18.6. The summed E-state index contributed by atoms with van der Waals surface area (Å²) in [7, 11) is 0. The Labute approximate surface area is 325 Å². The van der Waals surface area contributed by atoms with Gasteiger partial charge in [-0.3, -0.25) is 0 Å². The second-order valence-electron chi connectivity index (χ2n) is 13.4. The molecule has 3 atom stereocenters. The van der Waals surface area contributed by atoms with E-state index in [1.165, 1.54) is 5.06 Å². The van der Waals surface area contributed by atoms with Crippen LogP contribution < -0.4 is 4.74 Å². The van der Waals surface area contributed by atoms with Crippen molar-refractivity contribution in [2.24, 2.45) is 0 Å². The molecule has 1 aliphatic heterocycles. The third kappa shape index (κ3) is 12.5. The van der Waals surface area contributed by atoms with Crippen LogP contribution in [0.4, 0.5) is 4.79 Å². The highest BCUT2D eigenvalue weighted by atomic mass is 35.5. The van der Waals surface area contributed by atoms with Crippen LogP contribution >= 0.6 is 46.4 Å². The zero-order valence-electron chi connectivity index (χ0n) is 29.4. The molecule has 1 aliphatic rings. The van der Waals surface area contributed by atoms with Crippen molar-refractivity contribution in [1.29, 1.82) is 0 Å². The maximum Gasteiger partial charge on any atom is 0.528 e. The SMILES string of the molecule is CC(C)(C)OC(=O)ON1C[C@H](OCc2ccc(Cl)c(Cl)c2)[C@H](c2ccc(OCCCOCc3ccccc3)cc2)[C@H](OCc2ccc(Cl)c(Cl)c2)C1. The van der Waals surface area contributed by atoms with Gasteiger partial charge in [-0.2, -0.15) is 0 Å². The Balaban J connectivity index is 1.32. The highest BCUT2D eigenvalue weighted by Crippen LogP contribution is 2.36. The molecule has 0 amide bonds. The van der Waals surface area contributed by atoms with E-state index in [1.807, 2.05) is 66.7 Å². The number of hydrogen-bond acceptors (Lipinski definition) is 8. The largest absolute Gasteiger partial charge is 0.528 e. The lowest BCUT2D eigenvalue weighted by Gasteiger charge is -2.42. The van der Waals surface area contributed by atoms with Crippen LogP contribution in [-0.2, 0) is 43.6 Å². The summed E-state index contributed by atoms with van der Waals surface area (Å²) in [6.07, 6.45) is -1.04. The molecule has 0 aliphatic carbocycles. The van der Waals surface area contributed by atoms with Gasteiger partial charge < -0.3 is 28.5 Å². The zero-order valence-corrected chi connectivity index (χ0v) is 32.4. The molecular formula is C40H43Cl4NO7. The molecule has 1 saturated heterocycles. The van der Waals surface area contributed by atoms with E-state index in [0.29, 0.717) is 39.9 Å². The highest BCUT2D eigenvalue weighted by Gasteiger charge is 2.41. The van der Waals surface area contributed by atoms with Crippen LogP contribution in [0.2, 0.25) is 20.1 Å². The second-order valence-corrected chi connectivity index (χ2v) is 15.1. The average molecular weight is 792 g/mol. The molecule has 0 spiro atoms. The minimum absolute atomic E-state index is 0.228. The van der Waals surface area contributed by atoms with Gasteiger partial charge in [-0.1, -0.05) is 101 Å². The summed E-state index contributed by atoms with van der Waals surface area (Å²) < 4.78 is 30.5. The van der Waals surface area contributed by atoms with Crippen LogP contribution in [0.5, 0.6) is 5.75 Å². The summed E-state index contributed by atoms with van der Waals surface area (Å²) in [5.74, 6) is 0.462. The zero-order chi connectivity index (χ0) is 37.1. The fourth-order valence-corrected chi connectivity index (χ4v) is 6.34. The average Bonchev–Trinajstić information content (AvgIpc) is 3.10. The van der Waals surface area contributed by atoms with E-state index in [0.717, 1.165) is 34.4 Å². The topological polar surface area (TPSA) is 75.7 Å². The predicted molar refractivity (Wildman–Crippen MR) is 204 cm³/mol. The fourth-order valence-electron chi connectivity index (χ4n) is 5.70. The number of rotatable bonds is 15. The third-order valence-electron chi connectivity index (χ3n) is 8.14. The van der Waals surface area contributed by atoms with Crippen molar-refractivity contribution in [3.05, 3.63) is 133 Å². The van der Waals surface area contributed by atoms with Crippen molar-refractivity contribution in [2.45, 2.75) is 70.7 Å². The van der Waals surface area contributed by atoms with Crippen LogP contribution in [0.15, 0.2) is 91.0 Å². The molecular weight excluding hydrogens is 748 g/mol. The lowest BCUT2D eigenvalue weighted by atomic mass is 9.85. The van der Waals surface area contributed by atoms with Gasteiger partial charge in [-0.25, -0.2) is 4.79 Å². The molecule has 12 heteroatoms. The third-order valence-corrected chi connectivity index (χ3v) is 9.61. The molecule has 0 unspecified atom stereocenters. The normalized spacial score (nSPS) is 17.9. The van der Waals surface area contributed by atoms with Crippen LogP contribution in [0.1, 0.15) is 55.4 Å². The van der Waals surface area contributed by atoms with Crippen molar-refractivity contribution >= 4 is 52.6 Å². The van der Waals surface area contributed by atoms with Crippen molar-refractivity contribution < 1.29 is 33.3 Å². The summed E-state index contributed by atoms with van der Waals surface area (Å²) in [4.78, 5) is 18.5. The van der Waals surface area contributed by atoms with E-state index in [9.17, 15) is 4.79 Å². The number of carbonyl (C=O) groups excluding carboxylic acids is 1. The monoisotopic (exact) mass is 789 g/mol. The molecule has 5 rings (SSSR count). The van der Waals surface area contributed by atoms with E-state index in [1.54, 1.807) is 45.0 Å². The van der Waals surface area contributed by atoms with Crippen molar-refractivity contribution in [1.82, 2.24) is 5.06 Å². The van der Waals surface area contributed by atoms with Crippen LogP contribution in [0.25, 0.3) is 0 Å². The summed E-state index contributed by atoms with van der Waals surface area (Å²) in [6.45, 7) is 7.96. The molecule has 1 fully saturated rings. The fraction of sp³-hybridized carbons (Fsp3) is 0.375. The van der Waals surface area contributed by atoms with E-state index in [-0.39, 0.29) is 32.2 Å². The smallest absolute Gasteiger partial charge is 0.494 e. The van der Waals surface area contributed by atoms with E-state index < -0.39 is 24.0 Å². The summed E-state index contributed by atoms with van der Waals surface area (Å²) in [6, 6.07) is 28.7. The second kappa shape index (κ2) is 19.3. The maximum absolute atomic E-state index is 12.8. The molecule has 8 nitrogen and oxygen atoms in total. The molecule has 1 heterocycles. The predicted octanol–water partition coefficient (Wildman–Crippen LogP) is 10.7. The molecule has 4 aromatic rings. The van der Waals surface area contributed by atoms with Gasteiger partial charge in [-0.05, 0) is 79.4 Å². The maximum atomic E-state index is 12.8. The molecule has 52 heavy (non-hydrogen) atoms. The Morgan fingerprint density at radius 3 is 1.81 bits per heavy atom. The van der Waals surface area contributed by atoms with Gasteiger partial charge in [0.05, 0.1) is 78.4 Å². The van der Waals surface area contributed by atoms with Gasteiger partial charge in [-0.15, -0.1) is 5.06 Å². The first-order chi connectivity index (χ1) is 24.9.